The lowest BCUT2D eigenvalue weighted by Gasteiger charge is -2.14. The van der Waals surface area contributed by atoms with Crippen LogP contribution < -0.4 is 5.32 Å². The van der Waals surface area contributed by atoms with Crippen molar-refractivity contribution in [1.29, 1.82) is 0 Å². The summed E-state index contributed by atoms with van der Waals surface area (Å²) in [5.74, 6) is -0.690. The van der Waals surface area contributed by atoms with E-state index < -0.39 is 17.6 Å². The number of alkyl halides is 3. The molecule has 0 aliphatic heterocycles. The normalized spacial score (nSPS) is 11.3. The third kappa shape index (κ3) is 3.89. The van der Waals surface area contributed by atoms with Gasteiger partial charge in [0.15, 0.2) is 0 Å². The quantitative estimate of drug-likeness (QED) is 0.797. The third-order valence-electron chi connectivity index (χ3n) is 2.62. The minimum atomic E-state index is -4.62. The molecule has 0 unspecified atom stereocenters. The van der Waals surface area contributed by atoms with Crippen LogP contribution in [0.2, 0.25) is 10.0 Å². The fraction of sp³-hybridized carbons (Fsp3) is 0.0714. The fourth-order valence-corrected chi connectivity index (χ4v) is 2.05. The average molecular weight is 334 g/mol. The second-order valence-electron chi connectivity index (χ2n) is 4.15. The molecule has 0 spiro atoms. The summed E-state index contributed by atoms with van der Waals surface area (Å²) in [5.41, 5.74) is -1.21. The molecule has 0 aliphatic rings. The Kier molecular flexibility index (Phi) is 4.44. The van der Waals surface area contributed by atoms with Crippen molar-refractivity contribution in [3.63, 3.8) is 0 Å². The van der Waals surface area contributed by atoms with E-state index in [0.717, 1.165) is 12.1 Å². The maximum Gasteiger partial charge on any atom is 0.418 e. The second kappa shape index (κ2) is 5.95. The summed E-state index contributed by atoms with van der Waals surface area (Å²) in [6.07, 6.45) is -4.62. The molecule has 0 saturated heterocycles. The molecule has 110 valence electrons. The van der Waals surface area contributed by atoms with E-state index in [-0.39, 0.29) is 16.3 Å². The van der Waals surface area contributed by atoms with Crippen molar-refractivity contribution in [2.75, 3.05) is 5.32 Å². The van der Waals surface area contributed by atoms with Gasteiger partial charge < -0.3 is 5.32 Å². The molecule has 0 aromatic heterocycles. The van der Waals surface area contributed by atoms with Crippen molar-refractivity contribution in [3.8, 4) is 0 Å². The number of hydrogen-bond acceptors (Lipinski definition) is 1. The Balaban J connectivity index is 2.34. The third-order valence-corrected chi connectivity index (χ3v) is 3.09. The van der Waals surface area contributed by atoms with Crippen LogP contribution in [-0.4, -0.2) is 5.91 Å². The molecule has 1 amide bonds. The van der Waals surface area contributed by atoms with E-state index in [0.29, 0.717) is 5.02 Å². The van der Waals surface area contributed by atoms with Crippen molar-refractivity contribution in [2.45, 2.75) is 6.18 Å². The number of carbonyl (C=O) groups excluding carboxylic acids is 1. The highest BCUT2D eigenvalue weighted by Gasteiger charge is 2.34. The summed E-state index contributed by atoms with van der Waals surface area (Å²) in [6, 6.07) is 9.03. The highest BCUT2D eigenvalue weighted by atomic mass is 35.5. The topological polar surface area (TPSA) is 29.1 Å². The van der Waals surface area contributed by atoms with E-state index in [1.807, 2.05) is 0 Å². The molecule has 1 N–H and O–H groups in total. The minimum absolute atomic E-state index is 0.0666. The van der Waals surface area contributed by atoms with Crippen LogP contribution in [-0.2, 0) is 6.18 Å². The van der Waals surface area contributed by atoms with E-state index in [4.69, 9.17) is 23.2 Å². The highest BCUT2D eigenvalue weighted by Crippen LogP contribution is 2.36. The fourth-order valence-electron chi connectivity index (χ4n) is 1.68. The first kappa shape index (κ1) is 15.7. The van der Waals surface area contributed by atoms with E-state index >= 15 is 0 Å². The second-order valence-corrected chi connectivity index (χ2v) is 5.03. The molecule has 7 heteroatoms. The van der Waals surface area contributed by atoms with Gasteiger partial charge in [-0.15, -0.1) is 0 Å². The Morgan fingerprint density at radius 3 is 2.29 bits per heavy atom. The number of halogens is 5. The smallest absolute Gasteiger partial charge is 0.321 e. The van der Waals surface area contributed by atoms with E-state index in [9.17, 15) is 18.0 Å². The number of benzene rings is 2. The number of rotatable bonds is 2. The average Bonchev–Trinajstić information content (AvgIpc) is 2.39. The molecule has 2 rings (SSSR count). The van der Waals surface area contributed by atoms with Crippen molar-refractivity contribution in [2.24, 2.45) is 0 Å². The SMILES string of the molecule is O=C(Nc1ccc(Cl)cc1C(F)(F)F)c1cccc(Cl)c1. The number of hydrogen-bond donors (Lipinski definition) is 1. The molecule has 21 heavy (non-hydrogen) atoms. The maximum absolute atomic E-state index is 12.9. The summed E-state index contributed by atoms with van der Waals surface area (Å²) in [6.45, 7) is 0. The highest BCUT2D eigenvalue weighted by molar-refractivity contribution is 6.31. The van der Waals surface area contributed by atoms with Crippen LogP contribution in [0.4, 0.5) is 18.9 Å². The Morgan fingerprint density at radius 1 is 1.00 bits per heavy atom. The molecule has 2 nitrogen and oxygen atoms in total. The van der Waals surface area contributed by atoms with Crippen LogP contribution >= 0.6 is 23.2 Å². The van der Waals surface area contributed by atoms with Crippen LogP contribution in [0.5, 0.6) is 0 Å². The predicted molar refractivity (Wildman–Crippen MR) is 75.9 cm³/mol. The van der Waals surface area contributed by atoms with Crippen molar-refractivity contribution >= 4 is 34.8 Å². The van der Waals surface area contributed by atoms with Gasteiger partial charge in [0.05, 0.1) is 11.3 Å². The predicted octanol–water partition coefficient (Wildman–Crippen LogP) is 5.26. The van der Waals surface area contributed by atoms with Gasteiger partial charge in [-0.1, -0.05) is 29.3 Å². The number of amides is 1. The number of anilines is 1. The van der Waals surface area contributed by atoms with E-state index in [2.05, 4.69) is 5.32 Å². The molecular formula is C14H8Cl2F3NO. The lowest BCUT2D eigenvalue weighted by molar-refractivity contribution is -0.136. The van der Waals surface area contributed by atoms with Gasteiger partial charge in [0.25, 0.3) is 5.91 Å². The van der Waals surface area contributed by atoms with Crippen molar-refractivity contribution in [1.82, 2.24) is 0 Å². The zero-order valence-electron chi connectivity index (χ0n) is 10.3. The first-order valence-corrected chi connectivity index (χ1v) is 6.46. The van der Waals surface area contributed by atoms with Gasteiger partial charge >= 0.3 is 6.18 Å². The lowest BCUT2D eigenvalue weighted by Crippen LogP contribution is -2.16. The molecule has 0 atom stereocenters. The van der Waals surface area contributed by atoms with Gasteiger partial charge in [-0.2, -0.15) is 13.2 Å². The van der Waals surface area contributed by atoms with Gasteiger partial charge in [0, 0.05) is 15.6 Å². The van der Waals surface area contributed by atoms with Gasteiger partial charge in [-0.05, 0) is 36.4 Å². The lowest BCUT2D eigenvalue weighted by atomic mass is 10.1. The minimum Gasteiger partial charge on any atom is -0.321 e. The van der Waals surface area contributed by atoms with Gasteiger partial charge in [0.2, 0.25) is 0 Å². The van der Waals surface area contributed by atoms with Gasteiger partial charge in [-0.3, -0.25) is 4.79 Å². The Bertz CT molecular complexity index is 686. The molecule has 0 bridgehead atoms. The standard InChI is InChI=1S/C14H8Cl2F3NO/c15-9-3-1-2-8(6-9)13(21)20-12-5-4-10(16)7-11(12)14(17,18)19/h1-7H,(H,20,21). The van der Waals surface area contributed by atoms with Gasteiger partial charge in [0.1, 0.15) is 0 Å². The van der Waals surface area contributed by atoms with Crippen LogP contribution in [0.15, 0.2) is 42.5 Å². The van der Waals surface area contributed by atoms with E-state index in [1.165, 1.54) is 24.3 Å². The molecule has 0 fully saturated rings. The molecule has 0 aliphatic carbocycles. The van der Waals surface area contributed by atoms with Crippen LogP contribution in [0.25, 0.3) is 0 Å². The monoisotopic (exact) mass is 333 g/mol. The molecule has 0 radical (unpaired) electrons. The Morgan fingerprint density at radius 2 is 1.67 bits per heavy atom. The Hall–Kier alpha value is -1.72. The summed E-state index contributed by atoms with van der Waals surface area (Å²) in [5, 5.41) is 2.46. The molecular weight excluding hydrogens is 326 g/mol. The zero-order valence-corrected chi connectivity index (χ0v) is 11.9. The maximum atomic E-state index is 12.9. The summed E-state index contributed by atoms with van der Waals surface area (Å²) >= 11 is 11.3. The largest absolute Gasteiger partial charge is 0.418 e. The summed E-state index contributed by atoms with van der Waals surface area (Å²) in [7, 11) is 0. The molecule has 0 saturated carbocycles. The molecule has 2 aromatic rings. The van der Waals surface area contributed by atoms with Gasteiger partial charge in [-0.25, -0.2) is 0 Å². The number of carbonyl (C=O) groups is 1. The first-order chi connectivity index (χ1) is 9.77. The first-order valence-electron chi connectivity index (χ1n) is 5.71. The number of nitrogens with one attached hydrogen (secondary N) is 1. The zero-order chi connectivity index (χ0) is 15.6. The summed E-state index contributed by atoms with van der Waals surface area (Å²) < 4.78 is 38.7. The van der Waals surface area contributed by atoms with Crippen molar-refractivity contribution < 1.29 is 18.0 Å². The van der Waals surface area contributed by atoms with Crippen LogP contribution in [0.3, 0.4) is 0 Å². The van der Waals surface area contributed by atoms with Crippen LogP contribution in [0, 0.1) is 0 Å². The summed E-state index contributed by atoms with van der Waals surface area (Å²) in [4.78, 5) is 12.0. The van der Waals surface area contributed by atoms with Crippen molar-refractivity contribution in [3.05, 3.63) is 63.6 Å². The van der Waals surface area contributed by atoms with E-state index in [1.54, 1.807) is 6.07 Å². The molecule has 2 aromatic carbocycles. The van der Waals surface area contributed by atoms with Crippen LogP contribution in [0.1, 0.15) is 15.9 Å². The molecule has 0 heterocycles. The Labute approximate surface area is 128 Å².